The van der Waals surface area contributed by atoms with E-state index in [4.69, 9.17) is 5.73 Å². The van der Waals surface area contributed by atoms with Crippen LogP contribution < -0.4 is 5.73 Å². The number of nitrogens with zero attached hydrogens (tertiary/aromatic N) is 1. The lowest BCUT2D eigenvalue weighted by Gasteiger charge is -2.33. The molecule has 1 fully saturated rings. The minimum Gasteiger partial charge on any atom is -0.329 e. The first-order valence-corrected chi connectivity index (χ1v) is 6.42. The molecule has 1 aliphatic rings. The summed E-state index contributed by atoms with van der Waals surface area (Å²) in [6.45, 7) is 2.77. The molecule has 0 aromatic heterocycles. The van der Waals surface area contributed by atoms with Gasteiger partial charge in [-0.3, -0.25) is 0 Å². The SMILES string of the molecule is CCS(=O)(=O)N1CCCCC1CN.Cl. The molecular weight excluding hydrogens is 224 g/mol. The van der Waals surface area contributed by atoms with Gasteiger partial charge in [-0.15, -0.1) is 12.4 Å². The highest BCUT2D eigenvalue weighted by Gasteiger charge is 2.29. The molecule has 1 unspecified atom stereocenters. The quantitative estimate of drug-likeness (QED) is 0.787. The van der Waals surface area contributed by atoms with Gasteiger partial charge in [0.1, 0.15) is 0 Å². The van der Waals surface area contributed by atoms with Crippen molar-refractivity contribution in [2.24, 2.45) is 5.73 Å². The molecule has 4 nitrogen and oxygen atoms in total. The predicted molar refractivity (Wildman–Crippen MR) is 60.1 cm³/mol. The van der Waals surface area contributed by atoms with E-state index in [1.165, 1.54) is 0 Å². The molecule has 0 amide bonds. The molecule has 1 saturated heterocycles. The largest absolute Gasteiger partial charge is 0.329 e. The van der Waals surface area contributed by atoms with Crippen molar-refractivity contribution in [2.45, 2.75) is 32.2 Å². The first-order chi connectivity index (χ1) is 6.11. The third-order valence-electron chi connectivity index (χ3n) is 2.57. The molecule has 2 N–H and O–H groups in total. The van der Waals surface area contributed by atoms with Crippen LogP contribution in [-0.4, -0.2) is 37.6 Å². The predicted octanol–water partition coefficient (Wildman–Crippen LogP) is 0.571. The van der Waals surface area contributed by atoms with Crippen LogP contribution in [0, 0.1) is 0 Å². The standard InChI is InChI=1S/C8H18N2O2S.ClH/c1-2-13(11,12)10-6-4-3-5-8(10)7-9;/h8H,2-7,9H2,1H3;1H. The van der Waals surface area contributed by atoms with E-state index in [0.717, 1.165) is 19.3 Å². The molecule has 1 aliphatic heterocycles. The molecule has 86 valence electrons. The van der Waals surface area contributed by atoms with Crippen molar-refractivity contribution in [3.8, 4) is 0 Å². The molecule has 0 radical (unpaired) electrons. The Labute approximate surface area is 92.3 Å². The van der Waals surface area contributed by atoms with E-state index < -0.39 is 10.0 Å². The molecule has 6 heteroatoms. The van der Waals surface area contributed by atoms with Gasteiger partial charge < -0.3 is 5.73 Å². The monoisotopic (exact) mass is 242 g/mol. The summed E-state index contributed by atoms with van der Waals surface area (Å²) in [5, 5.41) is 0. The Hall–Kier alpha value is 0.160. The van der Waals surface area contributed by atoms with Crippen molar-refractivity contribution in [3.63, 3.8) is 0 Å². The fourth-order valence-corrected chi connectivity index (χ4v) is 3.13. The first-order valence-electron chi connectivity index (χ1n) is 4.81. The van der Waals surface area contributed by atoms with Crippen LogP contribution in [0.2, 0.25) is 0 Å². The van der Waals surface area contributed by atoms with Crippen LogP contribution in [0.1, 0.15) is 26.2 Å². The second kappa shape index (κ2) is 5.90. The summed E-state index contributed by atoms with van der Waals surface area (Å²) in [6.07, 6.45) is 2.98. The molecule has 0 saturated carbocycles. The van der Waals surface area contributed by atoms with Crippen LogP contribution in [0.15, 0.2) is 0 Å². The summed E-state index contributed by atoms with van der Waals surface area (Å²) in [6, 6.07) is 0.0405. The van der Waals surface area contributed by atoms with Crippen molar-refractivity contribution in [1.29, 1.82) is 0 Å². The van der Waals surface area contributed by atoms with Crippen molar-refractivity contribution in [3.05, 3.63) is 0 Å². The third-order valence-corrected chi connectivity index (χ3v) is 4.49. The van der Waals surface area contributed by atoms with Gasteiger partial charge in [0, 0.05) is 19.1 Å². The molecule has 0 aliphatic carbocycles. The third kappa shape index (κ3) is 3.08. The van der Waals surface area contributed by atoms with Gasteiger partial charge in [0.05, 0.1) is 5.75 Å². The summed E-state index contributed by atoms with van der Waals surface area (Å²) in [4.78, 5) is 0. The summed E-state index contributed by atoms with van der Waals surface area (Å²) in [7, 11) is -3.03. The van der Waals surface area contributed by atoms with Crippen molar-refractivity contribution < 1.29 is 8.42 Å². The van der Waals surface area contributed by atoms with Crippen LogP contribution in [0.25, 0.3) is 0 Å². The van der Waals surface area contributed by atoms with Gasteiger partial charge in [-0.1, -0.05) is 6.42 Å². The van der Waals surface area contributed by atoms with Crippen LogP contribution in [0.5, 0.6) is 0 Å². The van der Waals surface area contributed by atoms with Crippen LogP contribution in [0.3, 0.4) is 0 Å². The maximum Gasteiger partial charge on any atom is 0.214 e. The molecule has 1 atom stereocenters. The average Bonchev–Trinajstić information content (AvgIpc) is 2.18. The molecule has 14 heavy (non-hydrogen) atoms. The Bertz CT molecular complexity index is 256. The van der Waals surface area contributed by atoms with Gasteiger partial charge in [-0.25, -0.2) is 8.42 Å². The van der Waals surface area contributed by atoms with E-state index in [0.29, 0.717) is 13.1 Å². The lowest BCUT2D eigenvalue weighted by molar-refractivity contribution is 0.258. The van der Waals surface area contributed by atoms with Crippen molar-refractivity contribution in [2.75, 3.05) is 18.8 Å². The fraction of sp³-hybridized carbons (Fsp3) is 1.00. The number of sulfonamides is 1. The van der Waals surface area contributed by atoms with E-state index in [1.54, 1.807) is 11.2 Å². The number of halogens is 1. The second-order valence-electron chi connectivity index (χ2n) is 3.40. The summed E-state index contributed by atoms with van der Waals surface area (Å²) >= 11 is 0. The zero-order chi connectivity index (χ0) is 9.90. The molecule has 0 spiro atoms. The smallest absolute Gasteiger partial charge is 0.214 e. The van der Waals surface area contributed by atoms with E-state index >= 15 is 0 Å². The van der Waals surface area contributed by atoms with Gasteiger partial charge in [0.2, 0.25) is 10.0 Å². The Balaban J connectivity index is 0.00000169. The van der Waals surface area contributed by atoms with E-state index in [9.17, 15) is 8.42 Å². The second-order valence-corrected chi connectivity index (χ2v) is 5.61. The summed E-state index contributed by atoms with van der Waals surface area (Å²) in [5.74, 6) is 0.184. The van der Waals surface area contributed by atoms with Gasteiger partial charge >= 0.3 is 0 Å². The Morgan fingerprint density at radius 2 is 2.07 bits per heavy atom. The molecule has 0 aromatic carbocycles. The van der Waals surface area contributed by atoms with Gasteiger partial charge in [0.15, 0.2) is 0 Å². The number of rotatable bonds is 3. The number of piperidine rings is 1. The lowest BCUT2D eigenvalue weighted by Crippen LogP contribution is -2.47. The highest BCUT2D eigenvalue weighted by molar-refractivity contribution is 7.89. The average molecular weight is 243 g/mol. The summed E-state index contributed by atoms with van der Waals surface area (Å²) in [5.41, 5.74) is 5.54. The lowest BCUT2D eigenvalue weighted by atomic mass is 10.1. The minimum atomic E-state index is -3.03. The van der Waals surface area contributed by atoms with E-state index in [1.807, 2.05) is 0 Å². The Morgan fingerprint density at radius 1 is 1.43 bits per heavy atom. The van der Waals surface area contributed by atoms with Crippen molar-refractivity contribution in [1.82, 2.24) is 4.31 Å². The maximum atomic E-state index is 11.6. The van der Waals surface area contributed by atoms with Crippen molar-refractivity contribution >= 4 is 22.4 Å². The van der Waals surface area contributed by atoms with Gasteiger partial charge in [-0.05, 0) is 19.8 Å². The van der Waals surface area contributed by atoms with Crippen LogP contribution >= 0.6 is 12.4 Å². The molecular formula is C8H19ClN2O2S. The summed E-state index contributed by atoms with van der Waals surface area (Å²) < 4.78 is 24.8. The van der Waals surface area contributed by atoms with Crippen LogP contribution in [0.4, 0.5) is 0 Å². The highest BCUT2D eigenvalue weighted by Crippen LogP contribution is 2.19. The topological polar surface area (TPSA) is 63.4 Å². The molecule has 0 bridgehead atoms. The molecule has 1 heterocycles. The fourth-order valence-electron chi connectivity index (χ4n) is 1.74. The molecule has 1 rings (SSSR count). The first kappa shape index (κ1) is 14.2. The number of hydrogen-bond acceptors (Lipinski definition) is 3. The molecule has 0 aromatic rings. The Kier molecular flexibility index (Phi) is 5.97. The zero-order valence-corrected chi connectivity index (χ0v) is 10.1. The zero-order valence-electron chi connectivity index (χ0n) is 8.48. The number of hydrogen-bond donors (Lipinski definition) is 1. The normalized spacial score (nSPS) is 24.3. The van der Waals surface area contributed by atoms with Crippen LogP contribution in [-0.2, 0) is 10.0 Å². The number of nitrogens with two attached hydrogens (primary N) is 1. The highest BCUT2D eigenvalue weighted by atomic mass is 35.5. The van der Waals surface area contributed by atoms with Gasteiger partial charge in [0.25, 0.3) is 0 Å². The minimum absolute atomic E-state index is 0. The van der Waals surface area contributed by atoms with E-state index in [2.05, 4.69) is 0 Å². The van der Waals surface area contributed by atoms with Gasteiger partial charge in [-0.2, -0.15) is 4.31 Å². The van der Waals surface area contributed by atoms with E-state index in [-0.39, 0.29) is 24.2 Å². The Morgan fingerprint density at radius 3 is 2.57 bits per heavy atom. The maximum absolute atomic E-state index is 11.6.